The lowest BCUT2D eigenvalue weighted by atomic mass is 10.0. The Morgan fingerprint density at radius 3 is 0.864 bits per heavy atom. The minimum absolute atomic E-state index is 0. The highest BCUT2D eigenvalue weighted by atomic mass is 35.5. The van der Waals surface area contributed by atoms with Gasteiger partial charge in [0.2, 0.25) is 0 Å². The molecule has 1 nitrogen and oxygen atoms in total. The molecule has 0 saturated heterocycles. The molecule has 0 aliphatic heterocycles. The summed E-state index contributed by atoms with van der Waals surface area (Å²) < 4.78 is 0. The molecule has 0 heterocycles. The monoisotopic (exact) mass is 333 g/mol. The van der Waals surface area contributed by atoms with E-state index in [1.165, 1.54) is 116 Å². The summed E-state index contributed by atoms with van der Waals surface area (Å²) in [6, 6.07) is 0. The Bertz CT molecular complexity index is 155. The van der Waals surface area contributed by atoms with Crippen molar-refractivity contribution in [2.75, 3.05) is 6.54 Å². The van der Waals surface area contributed by atoms with Crippen molar-refractivity contribution < 1.29 is 0 Å². The molecule has 0 saturated carbocycles. The molecule has 2 N–H and O–H groups in total. The van der Waals surface area contributed by atoms with Crippen LogP contribution in [0.1, 0.15) is 122 Å². The number of halogens is 1. The minimum Gasteiger partial charge on any atom is -0.330 e. The maximum absolute atomic E-state index is 5.49. The molecule has 0 atom stereocenters. The number of rotatable bonds is 18. The van der Waals surface area contributed by atoms with Crippen molar-refractivity contribution in [1.82, 2.24) is 0 Å². The zero-order valence-corrected chi connectivity index (χ0v) is 16.2. The van der Waals surface area contributed by atoms with E-state index in [0.29, 0.717) is 0 Å². The largest absolute Gasteiger partial charge is 0.330 e. The summed E-state index contributed by atoms with van der Waals surface area (Å²) in [6.45, 7) is 3.17. The average Bonchev–Trinajstić information content (AvgIpc) is 2.50. The van der Waals surface area contributed by atoms with Crippen LogP contribution in [0.3, 0.4) is 0 Å². The van der Waals surface area contributed by atoms with Crippen LogP contribution in [0.25, 0.3) is 0 Å². The lowest BCUT2D eigenvalue weighted by molar-refractivity contribution is 0.525. The Labute approximate surface area is 147 Å². The lowest BCUT2D eigenvalue weighted by Crippen LogP contribution is -1.97. The first kappa shape index (κ1) is 24.5. The van der Waals surface area contributed by atoms with Crippen molar-refractivity contribution in [2.45, 2.75) is 122 Å². The molecule has 0 fully saturated rings. The van der Waals surface area contributed by atoms with Gasteiger partial charge in [-0.3, -0.25) is 0 Å². The highest BCUT2D eigenvalue weighted by molar-refractivity contribution is 5.85. The molecule has 0 aliphatic rings. The van der Waals surface area contributed by atoms with Crippen molar-refractivity contribution in [3.05, 3.63) is 0 Å². The molecular weight excluding hydrogens is 290 g/mol. The molecule has 136 valence electrons. The first-order chi connectivity index (χ1) is 10.4. The Morgan fingerprint density at radius 1 is 0.409 bits per heavy atom. The summed E-state index contributed by atoms with van der Waals surface area (Å²) in [6.07, 6.45) is 25.8. The fraction of sp³-hybridized carbons (Fsp3) is 1.00. The second kappa shape index (κ2) is 23.5. The standard InChI is InChI=1S/C20H43N.ClH/c1-2-3-4-5-6-7-8-9-10-11-12-13-14-15-16-17-18-19-20-21;/h2-21H2,1H3;1H. The Kier molecular flexibility index (Phi) is 26.2. The van der Waals surface area contributed by atoms with Gasteiger partial charge in [-0.2, -0.15) is 0 Å². The van der Waals surface area contributed by atoms with Gasteiger partial charge in [0.15, 0.2) is 0 Å². The van der Waals surface area contributed by atoms with E-state index in [2.05, 4.69) is 6.92 Å². The summed E-state index contributed by atoms with van der Waals surface area (Å²) in [4.78, 5) is 0. The smallest absolute Gasteiger partial charge is 0.00773 e. The van der Waals surface area contributed by atoms with E-state index in [4.69, 9.17) is 5.73 Å². The number of unbranched alkanes of at least 4 members (excludes halogenated alkanes) is 17. The molecule has 0 aliphatic carbocycles. The molecule has 0 radical (unpaired) electrons. The Balaban J connectivity index is 0. The second-order valence-electron chi connectivity index (χ2n) is 6.80. The van der Waals surface area contributed by atoms with E-state index in [-0.39, 0.29) is 12.4 Å². The molecule has 0 bridgehead atoms. The quantitative estimate of drug-likeness (QED) is 0.260. The van der Waals surface area contributed by atoms with Crippen LogP contribution in [0.2, 0.25) is 0 Å². The fourth-order valence-electron chi connectivity index (χ4n) is 3.05. The molecule has 0 amide bonds. The Hall–Kier alpha value is 0.250. The zero-order chi connectivity index (χ0) is 15.4. The van der Waals surface area contributed by atoms with E-state index < -0.39 is 0 Å². The normalized spacial score (nSPS) is 10.6. The number of nitrogens with two attached hydrogens (primary N) is 1. The van der Waals surface area contributed by atoms with Crippen LogP contribution in [0.15, 0.2) is 0 Å². The third-order valence-electron chi connectivity index (χ3n) is 4.56. The summed E-state index contributed by atoms with van der Waals surface area (Å²) in [7, 11) is 0. The molecular formula is C20H44ClN. The molecule has 0 spiro atoms. The zero-order valence-electron chi connectivity index (χ0n) is 15.4. The maximum Gasteiger partial charge on any atom is -0.00773 e. The van der Waals surface area contributed by atoms with E-state index in [1.54, 1.807) is 0 Å². The Morgan fingerprint density at radius 2 is 0.636 bits per heavy atom. The highest BCUT2D eigenvalue weighted by Gasteiger charge is 1.94. The van der Waals surface area contributed by atoms with Crippen LogP contribution in [-0.2, 0) is 0 Å². The van der Waals surface area contributed by atoms with Gasteiger partial charge in [-0.1, -0.05) is 116 Å². The van der Waals surface area contributed by atoms with Crippen LogP contribution >= 0.6 is 12.4 Å². The van der Waals surface area contributed by atoms with Crippen LogP contribution in [0, 0.1) is 0 Å². The van der Waals surface area contributed by atoms with Crippen molar-refractivity contribution >= 4 is 12.4 Å². The maximum atomic E-state index is 5.49. The molecule has 0 aromatic heterocycles. The summed E-state index contributed by atoms with van der Waals surface area (Å²) in [5, 5.41) is 0. The topological polar surface area (TPSA) is 26.0 Å². The first-order valence-electron chi connectivity index (χ1n) is 10.1. The number of hydrogen-bond donors (Lipinski definition) is 1. The average molecular weight is 334 g/mol. The summed E-state index contributed by atoms with van der Waals surface area (Å²) in [5.41, 5.74) is 5.49. The predicted molar refractivity (Wildman–Crippen MR) is 105 cm³/mol. The van der Waals surface area contributed by atoms with Crippen molar-refractivity contribution in [2.24, 2.45) is 5.73 Å². The van der Waals surface area contributed by atoms with Crippen molar-refractivity contribution in [3.63, 3.8) is 0 Å². The van der Waals surface area contributed by atoms with Gasteiger partial charge < -0.3 is 5.73 Å². The van der Waals surface area contributed by atoms with Crippen molar-refractivity contribution in [3.8, 4) is 0 Å². The van der Waals surface area contributed by atoms with Crippen LogP contribution in [0.5, 0.6) is 0 Å². The third kappa shape index (κ3) is 22.5. The van der Waals surface area contributed by atoms with Gasteiger partial charge in [0.25, 0.3) is 0 Å². The van der Waals surface area contributed by atoms with Crippen LogP contribution < -0.4 is 5.73 Å². The minimum atomic E-state index is 0. The highest BCUT2D eigenvalue weighted by Crippen LogP contribution is 2.14. The van der Waals surface area contributed by atoms with Crippen LogP contribution in [0.4, 0.5) is 0 Å². The van der Waals surface area contributed by atoms with E-state index in [0.717, 1.165) is 6.54 Å². The van der Waals surface area contributed by atoms with Gasteiger partial charge in [0.1, 0.15) is 0 Å². The van der Waals surface area contributed by atoms with Gasteiger partial charge in [-0.25, -0.2) is 0 Å². The van der Waals surface area contributed by atoms with Gasteiger partial charge in [0, 0.05) is 0 Å². The van der Waals surface area contributed by atoms with Gasteiger partial charge in [-0.05, 0) is 13.0 Å². The van der Waals surface area contributed by atoms with E-state index in [9.17, 15) is 0 Å². The van der Waals surface area contributed by atoms with Crippen molar-refractivity contribution in [1.29, 1.82) is 0 Å². The van der Waals surface area contributed by atoms with Crippen LogP contribution in [-0.4, -0.2) is 6.54 Å². The summed E-state index contributed by atoms with van der Waals surface area (Å²) >= 11 is 0. The fourth-order valence-corrected chi connectivity index (χ4v) is 3.05. The molecule has 0 unspecified atom stereocenters. The lowest BCUT2D eigenvalue weighted by Gasteiger charge is -2.03. The van der Waals surface area contributed by atoms with Gasteiger partial charge >= 0.3 is 0 Å². The SMILES string of the molecule is CCCCCCCCCCCCCCCCCCCCN.Cl. The second-order valence-corrected chi connectivity index (χ2v) is 6.80. The molecule has 0 aromatic carbocycles. The van der Waals surface area contributed by atoms with Gasteiger partial charge in [-0.15, -0.1) is 12.4 Å². The first-order valence-corrected chi connectivity index (χ1v) is 10.1. The number of hydrogen-bond acceptors (Lipinski definition) is 1. The predicted octanol–water partition coefficient (Wildman–Crippen LogP) is 7.41. The molecule has 22 heavy (non-hydrogen) atoms. The molecule has 0 aromatic rings. The van der Waals surface area contributed by atoms with Gasteiger partial charge in [0.05, 0.1) is 0 Å². The van der Waals surface area contributed by atoms with E-state index >= 15 is 0 Å². The summed E-state index contributed by atoms with van der Waals surface area (Å²) in [5.74, 6) is 0. The molecule has 2 heteroatoms. The third-order valence-corrected chi connectivity index (χ3v) is 4.56. The van der Waals surface area contributed by atoms with E-state index in [1.807, 2.05) is 0 Å². The molecule has 0 rings (SSSR count).